The van der Waals surface area contributed by atoms with Crippen molar-refractivity contribution in [3.8, 4) is 11.5 Å². The lowest BCUT2D eigenvalue weighted by molar-refractivity contribution is -0.133. The molecule has 4 rings (SSSR count). The summed E-state index contributed by atoms with van der Waals surface area (Å²) in [6.45, 7) is 0. The molecule has 0 aliphatic rings. The van der Waals surface area contributed by atoms with Crippen LogP contribution in [0.15, 0.2) is 115 Å². The van der Waals surface area contributed by atoms with Gasteiger partial charge in [-0.2, -0.15) is 0 Å². The molecule has 172 valence electrons. The third kappa shape index (κ3) is 6.60. The summed E-state index contributed by atoms with van der Waals surface area (Å²) in [6.07, 6.45) is -1.77. The van der Waals surface area contributed by atoms with Crippen LogP contribution >= 0.6 is 63.7 Å². The Balaban J connectivity index is 1.76. The second kappa shape index (κ2) is 11.7. The van der Waals surface area contributed by atoms with Gasteiger partial charge < -0.3 is 9.47 Å². The Morgan fingerprint density at radius 2 is 0.912 bits per heavy atom. The van der Waals surface area contributed by atoms with Crippen LogP contribution in [-0.2, 0) is 4.79 Å². The van der Waals surface area contributed by atoms with E-state index in [1.54, 1.807) is 0 Å². The van der Waals surface area contributed by atoms with Crippen molar-refractivity contribution >= 4 is 69.5 Å². The van der Waals surface area contributed by atoms with Gasteiger partial charge in [-0.15, -0.1) is 0 Å². The lowest BCUT2D eigenvalue weighted by atomic mass is 9.97. The predicted octanol–water partition coefficient (Wildman–Crippen LogP) is 9.25. The van der Waals surface area contributed by atoms with E-state index in [2.05, 4.69) is 63.7 Å². The van der Waals surface area contributed by atoms with Crippen molar-refractivity contribution in [2.75, 3.05) is 0 Å². The summed E-state index contributed by atoms with van der Waals surface area (Å²) >= 11 is 13.9. The average Bonchev–Trinajstić information content (AvgIpc) is 2.82. The fourth-order valence-electron chi connectivity index (χ4n) is 3.35. The largest absolute Gasteiger partial charge is 0.478 e. The SMILES string of the molecule is O=C(C(Oc1cccc(Br)c1)c1ccc(Br)cc1)C(Oc1cccc(Br)c1)c1ccc(Br)cc1. The highest BCUT2D eigenvalue weighted by Crippen LogP contribution is 2.34. The molecule has 34 heavy (non-hydrogen) atoms. The number of hydrogen-bond acceptors (Lipinski definition) is 3. The van der Waals surface area contributed by atoms with Gasteiger partial charge in [-0.1, -0.05) is 100 Å². The molecule has 0 spiro atoms. The second-order valence-electron chi connectivity index (χ2n) is 7.42. The molecular formula is C27H18Br4O3. The molecule has 0 saturated heterocycles. The summed E-state index contributed by atoms with van der Waals surface area (Å²) in [5, 5.41) is 0. The van der Waals surface area contributed by atoms with Crippen LogP contribution in [0.2, 0.25) is 0 Å². The number of carbonyl (C=O) groups is 1. The van der Waals surface area contributed by atoms with Crippen LogP contribution in [0.3, 0.4) is 0 Å². The summed E-state index contributed by atoms with van der Waals surface area (Å²) in [6, 6.07) is 30.0. The summed E-state index contributed by atoms with van der Waals surface area (Å²) in [7, 11) is 0. The van der Waals surface area contributed by atoms with E-state index >= 15 is 0 Å². The average molecular weight is 710 g/mol. The number of carbonyl (C=O) groups excluding carboxylic acids is 1. The van der Waals surface area contributed by atoms with E-state index in [0.717, 1.165) is 29.0 Å². The third-order valence-corrected chi connectivity index (χ3v) is 7.01. The zero-order valence-electron chi connectivity index (χ0n) is 17.6. The molecule has 4 aromatic rings. The van der Waals surface area contributed by atoms with Crippen LogP contribution in [0.1, 0.15) is 23.3 Å². The van der Waals surface area contributed by atoms with Gasteiger partial charge in [-0.3, -0.25) is 4.79 Å². The van der Waals surface area contributed by atoms with Crippen molar-refractivity contribution in [2.24, 2.45) is 0 Å². The summed E-state index contributed by atoms with van der Waals surface area (Å²) in [5.74, 6) is 0.935. The minimum atomic E-state index is -0.886. The topological polar surface area (TPSA) is 35.5 Å². The molecule has 0 saturated carbocycles. The molecule has 0 amide bonds. The first-order valence-electron chi connectivity index (χ1n) is 10.3. The van der Waals surface area contributed by atoms with E-state index in [4.69, 9.17) is 9.47 Å². The normalized spacial score (nSPS) is 12.6. The minimum Gasteiger partial charge on any atom is -0.478 e. The number of ether oxygens (including phenoxy) is 2. The van der Waals surface area contributed by atoms with Gasteiger partial charge in [0, 0.05) is 29.0 Å². The Bertz CT molecular complexity index is 1170. The van der Waals surface area contributed by atoms with Crippen molar-refractivity contribution in [1.29, 1.82) is 0 Å². The molecule has 7 heteroatoms. The Hall–Kier alpha value is -1.93. The fourth-order valence-corrected chi connectivity index (χ4v) is 4.63. The minimum absolute atomic E-state index is 0.218. The highest BCUT2D eigenvalue weighted by Gasteiger charge is 2.33. The van der Waals surface area contributed by atoms with E-state index in [0.29, 0.717) is 11.5 Å². The molecule has 0 aliphatic heterocycles. The van der Waals surface area contributed by atoms with Crippen molar-refractivity contribution in [1.82, 2.24) is 0 Å². The molecule has 0 fully saturated rings. The second-order valence-corrected chi connectivity index (χ2v) is 11.1. The summed E-state index contributed by atoms with van der Waals surface area (Å²) in [4.78, 5) is 14.1. The number of Topliss-reactive ketones (excluding diaryl/α,β-unsaturated/α-hetero) is 1. The van der Waals surface area contributed by atoms with Crippen LogP contribution in [-0.4, -0.2) is 5.78 Å². The Kier molecular flexibility index (Phi) is 8.64. The number of ketones is 1. The Morgan fingerprint density at radius 3 is 1.26 bits per heavy atom. The van der Waals surface area contributed by atoms with Crippen LogP contribution in [0, 0.1) is 0 Å². The van der Waals surface area contributed by atoms with Crippen LogP contribution < -0.4 is 9.47 Å². The monoisotopic (exact) mass is 706 g/mol. The molecule has 0 aromatic heterocycles. The lowest BCUT2D eigenvalue weighted by Crippen LogP contribution is -2.28. The molecule has 0 aliphatic carbocycles. The number of rotatable bonds is 8. The first-order valence-corrected chi connectivity index (χ1v) is 13.5. The maximum Gasteiger partial charge on any atom is 0.222 e. The number of hydrogen-bond donors (Lipinski definition) is 0. The van der Waals surface area contributed by atoms with Crippen LogP contribution in [0.25, 0.3) is 0 Å². The van der Waals surface area contributed by atoms with E-state index in [1.165, 1.54) is 0 Å². The maximum absolute atomic E-state index is 14.1. The third-order valence-electron chi connectivity index (χ3n) is 4.96. The zero-order valence-corrected chi connectivity index (χ0v) is 24.0. The van der Waals surface area contributed by atoms with E-state index < -0.39 is 12.2 Å². The molecule has 0 bridgehead atoms. The molecule has 0 radical (unpaired) electrons. The van der Waals surface area contributed by atoms with E-state index in [-0.39, 0.29) is 5.78 Å². The first-order chi connectivity index (χ1) is 16.4. The molecule has 2 atom stereocenters. The van der Waals surface area contributed by atoms with Crippen molar-refractivity contribution in [3.05, 3.63) is 126 Å². The Morgan fingerprint density at radius 1 is 0.529 bits per heavy atom. The van der Waals surface area contributed by atoms with Gasteiger partial charge in [0.2, 0.25) is 5.78 Å². The Labute approximate surface area is 232 Å². The smallest absolute Gasteiger partial charge is 0.222 e. The van der Waals surface area contributed by atoms with Crippen molar-refractivity contribution in [3.63, 3.8) is 0 Å². The highest BCUT2D eigenvalue weighted by atomic mass is 79.9. The molecule has 2 unspecified atom stereocenters. The van der Waals surface area contributed by atoms with Crippen molar-refractivity contribution < 1.29 is 14.3 Å². The molecule has 3 nitrogen and oxygen atoms in total. The zero-order chi connectivity index (χ0) is 24.1. The molecule has 0 heterocycles. The van der Waals surface area contributed by atoms with Gasteiger partial charge in [-0.05, 0) is 60.7 Å². The molecule has 0 N–H and O–H groups in total. The van der Waals surface area contributed by atoms with Gasteiger partial charge >= 0.3 is 0 Å². The summed E-state index contributed by atoms with van der Waals surface area (Å²) in [5.41, 5.74) is 1.46. The number of halogens is 4. The van der Waals surface area contributed by atoms with E-state index in [9.17, 15) is 4.79 Å². The van der Waals surface area contributed by atoms with Gasteiger partial charge in [0.05, 0.1) is 0 Å². The van der Waals surface area contributed by atoms with Gasteiger partial charge in [-0.25, -0.2) is 0 Å². The quantitative estimate of drug-likeness (QED) is 0.183. The van der Waals surface area contributed by atoms with Crippen LogP contribution in [0.5, 0.6) is 11.5 Å². The standard InChI is InChI=1S/C27H18Br4O3/c28-19-11-7-17(8-12-19)26(33-23-5-1-3-21(30)15-23)25(32)27(18-9-13-20(29)14-10-18)34-24-6-2-4-22(31)16-24/h1-16,26-27H. The fraction of sp³-hybridized carbons (Fsp3) is 0.0741. The van der Waals surface area contributed by atoms with Gasteiger partial charge in [0.25, 0.3) is 0 Å². The summed E-state index contributed by atoms with van der Waals surface area (Å²) < 4.78 is 16.1. The molecule has 4 aromatic carbocycles. The lowest BCUT2D eigenvalue weighted by Gasteiger charge is -2.25. The van der Waals surface area contributed by atoms with Crippen molar-refractivity contribution in [2.45, 2.75) is 12.2 Å². The number of benzene rings is 4. The predicted molar refractivity (Wildman–Crippen MR) is 148 cm³/mol. The van der Waals surface area contributed by atoms with Gasteiger partial charge in [0.1, 0.15) is 11.5 Å². The molecular weight excluding hydrogens is 692 g/mol. The highest BCUT2D eigenvalue weighted by molar-refractivity contribution is 9.11. The maximum atomic E-state index is 14.1. The van der Waals surface area contributed by atoms with Gasteiger partial charge in [0.15, 0.2) is 12.2 Å². The van der Waals surface area contributed by atoms with Crippen LogP contribution in [0.4, 0.5) is 0 Å². The van der Waals surface area contributed by atoms with E-state index in [1.807, 2.05) is 97.1 Å². The first kappa shape index (κ1) is 25.2.